The molecule has 0 saturated heterocycles. The smallest absolute Gasteiger partial charge is 0.280 e. The van der Waals surface area contributed by atoms with E-state index in [1.165, 1.54) is 39.9 Å². The fourth-order valence-corrected chi connectivity index (χ4v) is 6.18. The molecule has 0 spiro atoms. The largest absolute Gasteiger partial charge is 0.395 e. The molecule has 3 rings (SSSR count). The number of aliphatic hydroxyl groups is 1. The van der Waals surface area contributed by atoms with Gasteiger partial charge in [-0.3, -0.25) is 10.1 Å². The number of methoxy groups -OCH3 is 1. The van der Waals surface area contributed by atoms with E-state index in [0.29, 0.717) is 30.3 Å². The maximum Gasteiger partial charge on any atom is 0.280 e. The van der Waals surface area contributed by atoms with Crippen molar-refractivity contribution >= 4 is 38.1 Å². The summed E-state index contributed by atoms with van der Waals surface area (Å²) in [5, 5.41) is 16.5. The molecule has 0 aliphatic heterocycles. The lowest BCUT2D eigenvalue weighted by Crippen LogP contribution is -2.33. The Labute approximate surface area is 221 Å². The molecule has 1 aliphatic carbocycles. The number of oxime groups is 1. The molecule has 1 aromatic heterocycles. The lowest BCUT2D eigenvalue weighted by molar-refractivity contribution is -0.110. The molecule has 1 amide bonds. The highest BCUT2D eigenvalue weighted by Gasteiger charge is 2.28. The molecule has 1 heterocycles. The number of hydrogen-bond donors (Lipinski definition) is 2. The summed E-state index contributed by atoms with van der Waals surface area (Å²) in [5.74, 6) is -0.538. The summed E-state index contributed by atoms with van der Waals surface area (Å²) in [5.41, 5.74) is 0.379. The number of carbonyl (C=O) groups excluding carboxylic acids is 1. The molecule has 1 aliphatic rings. The zero-order chi connectivity index (χ0) is 26.8. The van der Waals surface area contributed by atoms with Crippen LogP contribution >= 0.6 is 11.3 Å². The number of carbonyl (C=O) groups is 1. The topological polar surface area (TPSA) is 140 Å². The number of anilines is 1. The standard InChI is InChI=1S/C24H34N4O7S2/c1-4-28(12-13-29)37(31,32)21-10-6-17(7-11-21)22(27-35-19-9-8-18(14-19)34-5-2)23(30)26-24-25-15-20(36-24)16-33-3/h6-7,10-11,15,18-19,29H,4-5,8-9,12-14,16H2,1-3H3,(H,25,26,30)/t18-,19-/m1/s1. The van der Waals surface area contributed by atoms with Gasteiger partial charge in [-0.2, -0.15) is 4.31 Å². The first-order valence-corrected chi connectivity index (χ1v) is 14.4. The Morgan fingerprint density at radius 2 is 1.97 bits per heavy atom. The average Bonchev–Trinajstić information content (AvgIpc) is 3.52. The highest BCUT2D eigenvalue weighted by atomic mass is 32.2. The Balaban J connectivity index is 1.84. The zero-order valence-corrected chi connectivity index (χ0v) is 22.9. The van der Waals surface area contributed by atoms with Gasteiger partial charge in [0.05, 0.1) is 29.1 Å². The van der Waals surface area contributed by atoms with Gasteiger partial charge >= 0.3 is 0 Å². The minimum atomic E-state index is -3.80. The molecule has 1 aromatic carbocycles. The molecule has 204 valence electrons. The van der Waals surface area contributed by atoms with Gasteiger partial charge in [0.15, 0.2) is 10.8 Å². The first-order chi connectivity index (χ1) is 17.8. The minimum absolute atomic E-state index is 0.00462. The molecule has 1 saturated carbocycles. The van der Waals surface area contributed by atoms with Gasteiger partial charge in [0.1, 0.15) is 6.10 Å². The van der Waals surface area contributed by atoms with Crippen molar-refractivity contribution < 1.29 is 32.6 Å². The Morgan fingerprint density at radius 1 is 1.24 bits per heavy atom. The Hall–Kier alpha value is -2.42. The molecular weight excluding hydrogens is 520 g/mol. The molecule has 2 atom stereocenters. The van der Waals surface area contributed by atoms with Crippen LogP contribution in [0.4, 0.5) is 5.13 Å². The first-order valence-electron chi connectivity index (χ1n) is 12.1. The molecule has 0 bridgehead atoms. The fourth-order valence-electron chi connectivity index (χ4n) is 3.96. The number of aliphatic hydroxyl groups excluding tert-OH is 1. The van der Waals surface area contributed by atoms with Gasteiger partial charge < -0.3 is 19.4 Å². The van der Waals surface area contributed by atoms with Crippen LogP contribution in [0, 0.1) is 0 Å². The monoisotopic (exact) mass is 554 g/mol. The van der Waals surface area contributed by atoms with Crippen molar-refractivity contribution in [2.75, 3.05) is 38.7 Å². The third-order valence-electron chi connectivity index (χ3n) is 5.78. The second-order valence-corrected chi connectivity index (χ2v) is 11.4. The van der Waals surface area contributed by atoms with Gasteiger partial charge in [0.2, 0.25) is 10.0 Å². The van der Waals surface area contributed by atoms with Crippen molar-refractivity contribution in [2.24, 2.45) is 5.16 Å². The third-order valence-corrected chi connectivity index (χ3v) is 8.65. The first kappa shape index (κ1) is 29.1. The van der Waals surface area contributed by atoms with Crippen LogP contribution in [0.1, 0.15) is 43.6 Å². The summed E-state index contributed by atoms with van der Waals surface area (Å²) in [7, 11) is -2.22. The van der Waals surface area contributed by atoms with Gasteiger partial charge in [0.25, 0.3) is 5.91 Å². The quantitative estimate of drug-likeness (QED) is 0.268. The van der Waals surface area contributed by atoms with Crippen LogP contribution in [0.3, 0.4) is 0 Å². The van der Waals surface area contributed by atoms with Crippen LogP contribution in [0.5, 0.6) is 0 Å². The molecule has 2 N–H and O–H groups in total. The Bertz CT molecular complexity index is 1150. The van der Waals surface area contributed by atoms with E-state index in [-0.39, 0.29) is 42.5 Å². The number of aromatic nitrogens is 1. The number of benzene rings is 1. The van der Waals surface area contributed by atoms with E-state index in [4.69, 9.17) is 14.3 Å². The summed E-state index contributed by atoms with van der Waals surface area (Å²) < 4.78 is 37.7. The van der Waals surface area contributed by atoms with Gasteiger partial charge in [-0.25, -0.2) is 13.4 Å². The predicted molar refractivity (Wildman–Crippen MR) is 140 cm³/mol. The van der Waals surface area contributed by atoms with Crippen LogP contribution in [-0.4, -0.2) is 80.1 Å². The molecule has 0 unspecified atom stereocenters. The molecular formula is C24H34N4O7S2. The average molecular weight is 555 g/mol. The summed E-state index contributed by atoms with van der Waals surface area (Å²) >= 11 is 1.28. The van der Waals surface area contributed by atoms with Crippen LogP contribution in [0.15, 0.2) is 40.5 Å². The minimum Gasteiger partial charge on any atom is -0.395 e. The summed E-state index contributed by atoms with van der Waals surface area (Å²) in [4.78, 5) is 24.0. The number of amides is 1. The number of thiazole rings is 1. The summed E-state index contributed by atoms with van der Waals surface area (Å²) in [6, 6.07) is 5.84. The number of likely N-dealkylation sites (N-methyl/N-ethyl adjacent to an activating group) is 1. The Kier molecular flexibility index (Phi) is 11.0. The highest BCUT2D eigenvalue weighted by molar-refractivity contribution is 7.89. The van der Waals surface area contributed by atoms with Gasteiger partial charge in [0, 0.05) is 45.0 Å². The van der Waals surface area contributed by atoms with E-state index in [0.717, 1.165) is 17.7 Å². The van der Waals surface area contributed by atoms with Gasteiger partial charge in [-0.1, -0.05) is 35.5 Å². The van der Waals surface area contributed by atoms with Crippen molar-refractivity contribution in [2.45, 2.75) is 56.8 Å². The van der Waals surface area contributed by atoms with Crippen molar-refractivity contribution in [1.82, 2.24) is 9.29 Å². The van der Waals surface area contributed by atoms with Crippen molar-refractivity contribution in [3.63, 3.8) is 0 Å². The Morgan fingerprint density at radius 3 is 2.62 bits per heavy atom. The highest BCUT2D eigenvalue weighted by Crippen LogP contribution is 2.25. The van der Waals surface area contributed by atoms with E-state index < -0.39 is 15.9 Å². The SMILES string of the molecule is CCO[C@@H]1CC[C@@H](ON=C(C(=O)Nc2ncc(COC)s2)c2ccc(S(=O)(=O)N(CC)CCO)cc2)C1. The third kappa shape index (κ3) is 7.79. The number of nitrogens with zero attached hydrogens (tertiary/aromatic N) is 3. The molecule has 2 aromatic rings. The number of ether oxygens (including phenoxy) is 2. The van der Waals surface area contributed by atoms with Crippen LogP contribution in [0.2, 0.25) is 0 Å². The van der Waals surface area contributed by atoms with Gasteiger partial charge in [-0.05, 0) is 31.9 Å². The molecule has 1 fully saturated rings. The van der Waals surface area contributed by atoms with E-state index in [1.54, 1.807) is 20.2 Å². The second-order valence-electron chi connectivity index (χ2n) is 8.32. The maximum absolute atomic E-state index is 13.2. The number of sulfonamides is 1. The molecule has 11 nitrogen and oxygen atoms in total. The normalized spacial score (nSPS) is 18.4. The number of nitrogens with one attached hydrogen (secondary N) is 1. The van der Waals surface area contributed by atoms with Crippen molar-refractivity contribution in [3.05, 3.63) is 40.9 Å². The fraction of sp³-hybridized carbons (Fsp3) is 0.542. The van der Waals surface area contributed by atoms with E-state index in [9.17, 15) is 18.3 Å². The summed E-state index contributed by atoms with van der Waals surface area (Å²) in [6.45, 7) is 4.57. The number of rotatable bonds is 14. The van der Waals surface area contributed by atoms with Crippen LogP contribution in [0.25, 0.3) is 0 Å². The summed E-state index contributed by atoms with van der Waals surface area (Å²) in [6.07, 6.45) is 3.81. The predicted octanol–water partition coefficient (Wildman–Crippen LogP) is 2.61. The van der Waals surface area contributed by atoms with Crippen molar-refractivity contribution in [3.8, 4) is 0 Å². The zero-order valence-electron chi connectivity index (χ0n) is 21.3. The molecule has 0 radical (unpaired) electrons. The lowest BCUT2D eigenvalue weighted by atomic mass is 10.1. The van der Waals surface area contributed by atoms with E-state index in [1.807, 2.05) is 6.92 Å². The van der Waals surface area contributed by atoms with E-state index >= 15 is 0 Å². The van der Waals surface area contributed by atoms with Crippen molar-refractivity contribution in [1.29, 1.82) is 0 Å². The molecule has 37 heavy (non-hydrogen) atoms. The van der Waals surface area contributed by atoms with Gasteiger partial charge in [-0.15, -0.1) is 0 Å². The van der Waals surface area contributed by atoms with E-state index in [2.05, 4.69) is 15.5 Å². The second kappa shape index (κ2) is 13.9. The maximum atomic E-state index is 13.2. The number of hydrogen-bond acceptors (Lipinski definition) is 10. The lowest BCUT2D eigenvalue weighted by Gasteiger charge is -2.19. The van der Waals surface area contributed by atoms with Crippen LogP contribution < -0.4 is 5.32 Å². The van der Waals surface area contributed by atoms with Crippen LogP contribution in [-0.2, 0) is 35.7 Å². The molecule has 13 heteroatoms.